The standard InChI is InChI=1S/C35H60O6/c1-7-22(20(2)3)9-8-21(4)26-12-13-27-25-11-10-23-18-24(14-16-34(23,5)28(25)15-17-35(26,27)6)40-33-32(39)31(38)30(37)29(19-36)41-33/h10,20-22,24-33,36-39H,7-9,11-19H2,1-6H3/t21-,22-,24-,25+,26-,27+,28+,29-,30-,31+,32-,33-,34+,35-/m1/s1. The highest BCUT2D eigenvalue weighted by Crippen LogP contribution is 2.67. The number of aliphatic hydroxyl groups excluding tert-OH is 4. The van der Waals surface area contributed by atoms with Gasteiger partial charge in [-0.15, -0.1) is 0 Å². The highest BCUT2D eigenvalue weighted by atomic mass is 16.7. The lowest BCUT2D eigenvalue weighted by molar-refractivity contribution is -0.313. The van der Waals surface area contributed by atoms with Gasteiger partial charge in [0.05, 0.1) is 12.7 Å². The van der Waals surface area contributed by atoms with Crippen molar-refractivity contribution in [1.29, 1.82) is 0 Å². The fraction of sp³-hybridized carbons (Fsp3) is 0.943. The van der Waals surface area contributed by atoms with Gasteiger partial charge in [-0.2, -0.15) is 0 Å². The minimum absolute atomic E-state index is 0.101. The highest BCUT2D eigenvalue weighted by Gasteiger charge is 2.59. The van der Waals surface area contributed by atoms with Gasteiger partial charge in [0.1, 0.15) is 24.4 Å². The molecule has 5 rings (SSSR count). The minimum atomic E-state index is -1.40. The van der Waals surface area contributed by atoms with Gasteiger partial charge in [-0.25, -0.2) is 0 Å². The van der Waals surface area contributed by atoms with Gasteiger partial charge in [0.15, 0.2) is 6.29 Å². The van der Waals surface area contributed by atoms with Gasteiger partial charge < -0.3 is 29.9 Å². The lowest BCUT2D eigenvalue weighted by atomic mass is 9.47. The van der Waals surface area contributed by atoms with E-state index >= 15 is 0 Å². The lowest BCUT2D eigenvalue weighted by Crippen LogP contribution is -2.60. The number of fused-ring (bicyclic) bond motifs is 5. The summed E-state index contributed by atoms with van der Waals surface area (Å²) in [6.45, 7) is 14.5. The van der Waals surface area contributed by atoms with Gasteiger partial charge in [0.25, 0.3) is 0 Å². The first-order valence-electron chi connectivity index (χ1n) is 17.1. The van der Waals surface area contributed by atoms with E-state index in [0.29, 0.717) is 5.41 Å². The van der Waals surface area contributed by atoms with Crippen molar-refractivity contribution in [2.45, 2.75) is 149 Å². The Morgan fingerprint density at radius 3 is 2.39 bits per heavy atom. The zero-order valence-electron chi connectivity index (χ0n) is 26.7. The molecule has 0 spiro atoms. The molecule has 41 heavy (non-hydrogen) atoms. The normalized spacial score (nSPS) is 47.7. The SMILES string of the molecule is CC[C@H](CC[C@@H](C)[C@H]1CC[C@H]2[C@@H]3CC=C4C[C@H](O[C@@H]5O[C@H](CO)[C@@H](O)[C@H](O)[C@H]5O)CC[C@]4(C)[C@H]3CC[C@]12C)C(C)C. The van der Waals surface area contributed by atoms with Gasteiger partial charge in [0, 0.05) is 0 Å². The molecule has 4 fully saturated rings. The van der Waals surface area contributed by atoms with Crippen LogP contribution in [0.1, 0.15) is 112 Å². The molecule has 0 aromatic carbocycles. The maximum Gasteiger partial charge on any atom is 0.186 e. The summed E-state index contributed by atoms with van der Waals surface area (Å²) in [5.74, 6) is 5.66. The molecule has 1 aliphatic heterocycles. The fourth-order valence-electron chi connectivity index (χ4n) is 10.8. The molecule has 6 heteroatoms. The number of allylic oxidation sites excluding steroid dienone is 1. The van der Waals surface area contributed by atoms with Gasteiger partial charge in [0.2, 0.25) is 0 Å². The number of rotatable bonds is 9. The molecule has 4 aliphatic carbocycles. The number of hydrogen-bond acceptors (Lipinski definition) is 6. The second-order valence-electron chi connectivity index (χ2n) is 15.7. The topological polar surface area (TPSA) is 99.4 Å². The Morgan fingerprint density at radius 2 is 1.71 bits per heavy atom. The van der Waals surface area contributed by atoms with E-state index in [0.717, 1.165) is 60.7 Å². The summed E-state index contributed by atoms with van der Waals surface area (Å²) in [4.78, 5) is 0. The second kappa shape index (κ2) is 12.5. The van der Waals surface area contributed by atoms with E-state index in [9.17, 15) is 20.4 Å². The molecule has 0 bridgehead atoms. The summed E-state index contributed by atoms with van der Waals surface area (Å²) >= 11 is 0. The second-order valence-corrected chi connectivity index (χ2v) is 15.7. The van der Waals surface area contributed by atoms with Crippen molar-refractivity contribution in [2.24, 2.45) is 52.3 Å². The molecule has 4 N–H and O–H groups in total. The summed E-state index contributed by atoms with van der Waals surface area (Å²) in [6.07, 6.45) is 9.92. The van der Waals surface area contributed by atoms with E-state index in [-0.39, 0.29) is 11.5 Å². The summed E-state index contributed by atoms with van der Waals surface area (Å²) in [5, 5.41) is 40.4. The first kappa shape index (κ1) is 31.9. The molecule has 14 atom stereocenters. The predicted octanol–water partition coefficient (Wildman–Crippen LogP) is 5.85. The molecule has 236 valence electrons. The Kier molecular flexibility index (Phi) is 9.71. The zero-order chi connectivity index (χ0) is 29.7. The average molecular weight is 577 g/mol. The Balaban J connectivity index is 1.24. The molecule has 0 aromatic heterocycles. The monoisotopic (exact) mass is 576 g/mol. The van der Waals surface area contributed by atoms with Crippen LogP contribution in [0, 0.1) is 52.3 Å². The van der Waals surface area contributed by atoms with Crippen LogP contribution in [-0.2, 0) is 9.47 Å². The maximum absolute atomic E-state index is 10.5. The molecule has 0 amide bonds. The first-order chi connectivity index (χ1) is 19.4. The molecule has 6 nitrogen and oxygen atoms in total. The van der Waals surface area contributed by atoms with E-state index in [2.05, 4.69) is 47.6 Å². The van der Waals surface area contributed by atoms with Crippen LogP contribution in [0.5, 0.6) is 0 Å². The number of hydrogen-bond donors (Lipinski definition) is 4. The van der Waals surface area contributed by atoms with Crippen molar-refractivity contribution in [1.82, 2.24) is 0 Å². The van der Waals surface area contributed by atoms with Crippen molar-refractivity contribution in [3.8, 4) is 0 Å². The van der Waals surface area contributed by atoms with Crippen molar-refractivity contribution < 1.29 is 29.9 Å². The van der Waals surface area contributed by atoms with Crippen LogP contribution in [0.2, 0.25) is 0 Å². The Morgan fingerprint density at radius 1 is 0.951 bits per heavy atom. The van der Waals surface area contributed by atoms with Gasteiger partial charge >= 0.3 is 0 Å². The van der Waals surface area contributed by atoms with E-state index < -0.39 is 37.3 Å². The smallest absolute Gasteiger partial charge is 0.186 e. The summed E-state index contributed by atoms with van der Waals surface area (Å²) in [7, 11) is 0. The van der Waals surface area contributed by atoms with E-state index in [4.69, 9.17) is 9.47 Å². The first-order valence-corrected chi connectivity index (χ1v) is 17.1. The predicted molar refractivity (Wildman–Crippen MR) is 161 cm³/mol. The molecule has 1 heterocycles. The summed E-state index contributed by atoms with van der Waals surface area (Å²) in [5.41, 5.74) is 2.19. The molecule has 0 unspecified atom stereocenters. The minimum Gasteiger partial charge on any atom is -0.394 e. The van der Waals surface area contributed by atoms with Crippen molar-refractivity contribution >= 4 is 0 Å². The highest BCUT2D eigenvalue weighted by molar-refractivity contribution is 5.25. The van der Waals surface area contributed by atoms with Crippen LogP contribution >= 0.6 is 0 Å². The largest absolute Gasteiger partial charge is 0.394 e. The van der Waals surface area contributed by atoms with Crippen LogP contribution in [0.4, 0.5) is 0 Å². The van der Waals surface area contributed by atoms with Gasteiger partial charge in [-0.3, -0.25) is 0 Å². The third kappa shape index (κ3) is 5.73. The quantitative estimate of drug-likeness (QED) is 0.257. The third-order valence-corrected chi connectivity index (χ3v) is 13.5. The van der Waals surface area contributed by atoms with Crippen LogP contribution < -0.4 is 0 Å². The molecule has 0 aromatic rings. The van der Waals surface area contributed by atoms with E-state index in [1.54, 1.807) is 0 Å². The van der Waals surface area contributed by atoms with Crippen molar-refractivity contribution in [2.75, 3.05) is 6.61 Å². The lowest BCUT2D eigenvalue weighted by Gasteiger charge is -2.58. The van der Waals surface area contributed by atoms with Crippen LogP contribution in [-0.4, -0.2) is 63.8 Å². The molecule has 3 saturated carbocycles. The van der Waals surface area contributed by atoms with E-state index in [1.807, 2.05) is 0 Å². The summed E-state index contributed by atoms with van der Waals surface area (Å²) in [6, 6.07) is 0. The molecular weight excluding hydrogens is 516 g/mol. The van der Waals surface area contributed by atoms with E-state index in [1.165, 1.54) is 56.9 Å². The van der Waals surface area contributed by atoms with Crippen LogP contribution in [0.3, 0.4) is 0 Å². The molecule has 5 aliphatic rings. The van der Waals surface area contributed by atoms with Crippen LogP contribution in [0.25, 0.3) is 0 Å². The number of ether oxygens (including phenoxy) is 2. The van der Waals surface area contributed by atoms with Crippen molar-refractivity contribution in [3.63, 3.8) is 0 Å². The Hall–Kier alpha value is -0.500. The maximum atomic E-state index is 10.5. The third-order valence-electron chi connectivity index (χ3n) is 13.5. The Labute approximate surface area is 249 Å². The van der Waals surface area contributed by atoms with Gasteiger partial charge in [-0.05, 0) is 110 Å². The fourth-order valence-corrected chi connectivity index (χ4v) is 10.8. The number of aliphatic hydroxyl groups is 4. The Bertz CT molecular complexity index is 918. The van der Waals surface area contributed by atoms with Gasteiger partial charge in [-0.1, -0.05) is 66.0 Å². The van der Waals surface area contributed by atoms with Crippen molar-refractivity contribution in [3.05, 3.63) is 11.6 Å². The van der Waals surface area contributed by atoms with Crippen LogP contribution in [0.15, 0.2) is 11.6 Å². The molecule has 0 radical (unpaired) electrons. The summed E-state index contributed by atoms with van der Waals surface area (Å²) < 4.78 is 11.9. The molecule has 1 saturated heterocycles. The molecular formula is C35H60O6. The zero-order valence-corrected chi connectivity index (χ0v) is 26.7. The average Bonchev–Trinajstić information content (AvgIpc) is 3.30.